The number of carbonyl (C=O) groups excluding carboxylic acids is 3. The number of aryl methyl sites for hydroxylation is 1. The van der Waals surface area contributed by atoms with Gasteiger partial charge >= 0.3 is 0 Å². The number of imide groups is 1. The van der Waals surface area contributed by atoms with E-state index in [0.29, 0.717) is 27.5 Å². The molecule has 156 valence electrons. The van der Waals surface area contributed by atoms with E-state index in [1.165, 1.54) is 0 Å². The fourth-order valence-corrected chi connectivity index (χ4v) is 4.17. The fraction of sp³-hybridized carbons (Fsp3) is 0.0417. The molecular formula is C24H16N4O3S. The van der Waals surface area contributed by atoms with Crippen LogP contribution in [0, 0.1) is 6.92 Å². The highest BCUT2D eigenvalue weighted by Crippen LogP contribution is 2.31. The molecule has 32 heavy (non-hydrogen) atoms. The molecule has 3 aromatic carbocycles. The number of rotatable bonds is 4. The average molecular weight is 440 g/mol. The summed E-state index contributed by atoms with van der Waals surface area (Å²) in [5, 5.41) is 11.7. The van der Waals surface area contributed by atoms with Gasteiger partial charge in [-0.1, -0.05) is 41.2 Å². The maximum Gasteiger partial charge on any atom is 0.286 e. The van der Waals surface area contributed by atoms with Crippen LogP contribution in [0.1, 0.15) is 36.1 Å². The minimum absolute atomic E-state index is 0.241. The van der Waals surface area contributed by atoms with Crippen molar-refractivity contribution < 1.29 is 14.4 Å². The molecule has 7 nitrogen and oxygen atoms in total. The lowest BCUT2D eigenvalue weighted by atomic mass is 10.1. The Morgan fingerprint density at radius 2 is 1.47 bits per heavy atom. The van der Waals surface area contributed by atoms with Crippen molar-refractivity contribution in [1.29, 1.82) is 0 Å². The van der Waals surface area contributed by atoms with Gasteiger partial charge in [-0.2, -0.15) is 0 Å². The Morgan fingerprint density at radius 3 is 2.09 bits per heavy atom. The van der Waals surface area contributed by atoms with E-state index in [1.54, 1.807) is 48.5 Å². The van der Waals surface area contributed by atoms with Gasteiger partial charge in [-0.3, -0.25) is 14.4 Å². The zero-order valence-corrected chi connectivity index (χ0v) is 17.7. The van der Waals surface area contributed by atoms with Gasteiger partial charge in [0, 0.05) is 11.3 Å². The Bertz CT molecular complexity index is 1330. The monoisotopic (exact) mass is 440 g/mol. The number of anilines is 2. The highest BCUT2D eigenvalue weighted by molar-refractivity contribution is 7.16. The van der Waals surface area contributed by atoms with Crippen molar-refractivity contribution >= 4 is 40.4 Å². The molecule has 0 radical (unpaired) electrons. The third-order valence-corrected chi connectivity index (χ3v) is 6.07. The number of aromatic nitrogens is 2. The fourth-order valence-electron chi connectivity index (χ4n) is 3.43. The molecule has 0 spiro atoms. The van der Waals surface area contributed by atoms with Gasteiger partial charge in [0.15, 0.2) is 0 Å². The Labute approximate surface area is 187 Å². The Kier molecular flexibility index (Phi) is 4.84. The predicted octanol–water partition coefficient (Wildman–Crippen LogP) is 4.57. The van der Waals surface area contributed by atoms with E-state index in [4.69, 9.17) is 0 Å². The number of fused-ring (bicyclic) bond motifs is 1. The Hall–Kier alpha value is -4.17. The lowest BCUT2D eigenvalue weighted by Crippen LogP contribution is -2.29. The van der Waals surface area contributed by atoms with E-state index in [0.717, 1.165) is 27.4 Å². The summed E-state index contributed by atoms with van der Waals surface area (Å²) in [4.78, 5) is 38.9. The molecular weight excluding hydrogens is 424 g/mol. The first kappa shape index (κ1) is 19.8. The first-order valence-electron chi connectivity index (χ1n) is 9.81. The average Bonchev–Trinajstić information content (AvgIpc) is 3.40. The number of hydrogen-bond donors (Lipinski definition) is 1. The highest BCUT2D eigenvalue weighted by Gasteiger charge is 2.36. The molecule has 4 aromatic rings. The van der Waals surface area contributed by atoms with E-state index in [1.807, 2.05) is 31.2 Å². The van der Waals surface area contributed by atoms with Gasteiger partial charge in [0.05, 0.1) is 16.8 Å². The van der Waals surface area contributed by atoms with Crippen LogP contribution in [0.25, 0.3) is 10.6 Å². The van der Waals surface area contributed by atoms with Crippen molar-refractivity contribution in [2.45, 2.75) is 6.92 Å². The van der Waals surface area contributed by atoms with Crippen LogP contribution in [-0.2, 0) is 0 Å². The van der Waals surface area contributed by atoms with E-state index in [2.05, 4.69) is 15.5 Å². The topological polar surface area (TPSA) is 92.3 Å². The summed E-state index contributed by atoms with van der Waals surface area (Å²) in [6, 6.07) is 21.1. The third-order valence-electron chi connectivity index (χ3n) is 5.10. The van der Waals surface area contributed by atoms with Crippen LogP contribution < -0.4 is 10.2 Å². The van der Waals surface area contributed by atoms with E-state index in [9.17, 15) is 14.4 Å². The van der Waals surface area contributed by atoms with Gasteiger partial charge in [0.25, 0.3) is 17.7 Å². The minimum Gasteiger partial charge on any atom is -0.320 e. The molecule has 0 atom stereocenters. The second-order valence-corrected chi connectivity index (χ2v) is 8.25. The third kappa shape index (κ3) is 3.46. The summed E-state index contributed by atoms with van der Waals surface area (Å²) in [6.07, 6.45) is 0. The zero-order valence-electron chi connectivity index (χ0n) is 16.9. The summed E-state index contributed by atoms with van der Waals surface area (Å²) in [5.41, 5.74) is 3.79. The number of nitrogens with one attached hydrogen (secondary N) is 1. The van der Waals surface area contributed by atoms with Crippen LogP contribution in [0.2, 0.25) is 0 Å². The number of benzene rings is 3. The van der Waals surface area contributed by atoms with Crippen molar-refractivity contribution in [2.24, 2.45) is 0 Å². The normalized spacial score (nSPS) is 12.7. The summed E-state index contributed by atoms with van der Waals surface area (Å²) >= 11 is 1.16. The number of hydrogen-bond acceptors (Lipinski definition) is 6. The second-order valence-electron chi connectivity index (χ2n) is 7.27. The van der Waals surface area contributed by atoms with Crippen LogP contribution >= 0.6 is 11.3 Å². The molecule has 0 unspecified atom stereocenters. The molecule has 1 aliphatic rings. The molecule has 1 aromatic heterocycles. The molecule has 1 N–H and O–H groups in total. The summed E-state index contributed by atoms with van der Waals surface area (Å²) in [7, 11) is 0. The first-order chi connectivity index (χ1) is 15.5. The second kappa shape index (κ2) is 7.82. The molecule has 0 fully saturated rings. The largest absolute Gasteiger partial charge is 0.320 e. The van der Waals surface area contributed by atoms with Gasteiger partial charge < -0.3 is 5.32 Å². The summed E-state index contributed by atoms with van der Waals surface area (Å²) in [5.74, 6) is -1.02. The maximum atomic E-state index is 12.6. The highest BCUT2D eigenvalue weighted by atomic mass is 32.1. The van der Waals surface area contributed by atoms with E-state index in [-0.39, 0.29) is 22.7 Å². The SMILES string of the molecule is Cc1ccc(NC(=O)c2nnc(-c3ccc(N4C(=O)c5ccccc5C4=O)cc3)s2)cc1. The van der Waals surface area contributed by atoms with Crippen molar-refractivity contribution in [3.05, 3.63) is 94.5 Å². The van der Waals surface area contributed by atoms with Gasteiger partial charge in [0.2, 0.25) is 5.01 Å². The molecule has 0 saturated heterocycles. The Balaban J connectivity index is 1.34. The van der Waals surface area contributed by atoms with Crippen molar-refractivity contribution in [2.75, 3.05) is 10.2 Å². The van der Waals surface area contributed by atoms with Crippen molar-refractivity contribution in [3.8, 4) is 10.6 Å². The molecule has 0 aliphatic carbocycles. The predicted molar refractivity (Wildman–Crippen MR) is 122 cm³/mol. The molecule has 0 bridgehead atoms. The minimum atomic E-state index is -0.343. The van der Waals surface area contributed by atoms with Crippen LogP contribution in [0.5, 0.6) is 0 Å². The standard InChI is InChI=1S/C24H16N4O3S/c1-14-6-10-16(11-7-14)25-20(29)22-27-26-21(32-22)15-8-12-17(13-9-15)28-23(30)18-4-2-3-5-19(18)24(28)31/h2-13H,1H3,(H,25,29). The lowest BCUT2D eigenvalue weighted by Gasteiger charge is -2.14. The Morgan fingerprint density at radius 1 is 0.844 bits per heavy atom. The van der Waals surface area contributed by atoms with Gasteiger partial charge in [-0.05, 0) is 55.5 Å². The molecule has 3 amide bonds. The van der Waals surface area contributed by atoms with E-state index < -0.39 is 0 Å². The number of carbonyl (C=O) groups is 3. The van der Waals surface area contributed by atoms with Crippen molar-refractivity contribution in [3.63, 3.8) is 0 Å². The van der Waals surface area contributed by atoms with Crippen molar-refractivity contribution in [1.82, 2.24) is 10.2 Å². The van der Waals surface area contributed by atoms with Gasteiger partial charge in [0.1, 0.15) is 5.01 Å². The smallest absolute Gasteiger partial charge is 0.286 e. The molecule has 5 rings (SSSR count). The first-order valence-corrected chi connectivity index (χ1v) is 10.6. The summed E-state index contributed by atoms with van der Waals surface area (Å²) < 4.78 is 0. The molecule has 1 aliphatic heterocycles. The molecule has 2 heterocycles. The van der Waals surface area contributed by atoms with Gasteiger partial charge in [-0.15, -0.1) is 10.2 Å². The van der Waals surface area contributed by atoms with Gasteiger partial charge in [-0.25, -0.2) is 4.90 Å². The lowest BCUT2D eigenvalue weighted by molar-refractivity contribution is 0.0925. The molecule has 8 heteroatoms. The number of nitrogens with zero attached hydrogens (tertiary/aromatic N) is 3. The van der Waals surface area contributed by atoms with Crippen LogP contribution in [0.15, 0.2) is 72.8 Å². The van der Waals surface area contributed by atoms with Crippen LogP contribution in [0.3, 0.4) is 0 Å². The zero-order chi connectivity index (χ0) is 22.2. The van der Waals surface area contributed by atoms with E-state index >= 15 is 0 Å². The maximum absolute atomic E-state index is 12.6. The summed E-state index contributed by atoms with van der Waals surface area (Å²) in [6.45, 7) is 1.97. The van der Waals surface area contributed by atoms with Crippen LogP contribution in [-0.4, -0.2) is 27.9 Å². The molecule has 0 saturated carbocycles. The van der Waals surface area contributed by atoms with Crippen LogP contribution in [0.4, 0.5) is 11.4 Å². The quantitative estimate of drug-likeness (QED) is 0.470. The number of amides is 3.